The van der Waals surface area contributed by atoms with Gasteiger partial charge in [0.15, 0.2) is 0 Å². The average molecular weight is 296 g/mol. The molecule has 2 N–H and O–H groups in total. The van der Waals surface area contributed by atoms with Gasteiger partial charge in [-0.3, -0.25) is 0 Å². The number of hydrogen-bond acceptors (Lipinski definition) is 1. The van der Waals surface area contributed by atoms with Crippen LogP contribution in [0.25, 0.3) is 0 Å². The lowest BCUT2D eigenvalue weighted by Gasteiger charge is -2.35. The van der Waals surface area contributed by atoms with E-state index in [0.717, 1.165) is 10.4 Å². The van der Waals surface area contributed by atoms with E-state index < -0.39 is 0 Å². The van der Waals surface area contributed by atoms with Crippen molar-refractivity contribution < 1.29 is 0 Å². The molecule has 1 saturated carbocycles. The van der Waals surface area contributed by atoms with Crippen molar-refractivity contribution in [1.29, 1.82) is 0 Å². The summed E-state index contributed by atoms with van der Waals surface area (Å²) >= 11 is 3.63. The Morgan fingerprint density at radius 2 is 2.00 bits per heavy atom. The topological polar surface area (TPSA) is 26.0 Å². The van der Waals surface area contributed by atoms with E-state index in [4.69, 9.17) is 5.73 Å². The summed E-state index contributed by atoms with van der Waals surface area (Å²) in [5.41, 5.74) is 7.78. The predicted molar refractivity (Wildman–Crippen MR) is 76.8 cm³/mol. The molecule has 0 aromatic heterocycles. The fourth-order valence-electron chi connectivity index (χ4n) is 3.19. The molecule has 0 amide bonds. The highest BCUT2D eigenvalue weighted by Crippen LogP contribution is 2.40. The van der Waals surface area contributed by atoms with Crippen LogP contribution in [0.4, 0.5) is 0 Å². The third-order valence-corrected chi connectivity index (χ3v) is 4.94. The van der Waals surface area contributed by atoms with E-state index in [2.05, 4.69) is 47.1 Å². The Bertz CT molecular complexity index is 364. The molecule has 17 heavy (non-hydrogen) atoms. The zero-order chi connectivity index (χ0) is 12.3. The summed E-state index contributed by atoms with van der Waals surface area (Å²) in [6, 6.07) is 8.59. The molecule has 0 spiro atoms. The molecular formula is C15H22BrN. The summed E-state index contributed by atoms with van der Waals surface area (Å²) in [6.07, 6.45) is 6.65. The molecule has 1 aliphatic carbocycles. The van der Waals surface area contributed by atoms with E-state index in [0.29, 0.717) is 5.92 Å². The Hall–Kier alpha value is -0.340. The standard InChI is InChI=1S/C15H22BrN/c1-2-11-7-3-4-8-12(11)15(17)13-9-5-6-10-14(13)16/h5-6,9-12,15H,2-4,7-8,17H2,1H3. The third kappa shape index (κ3) is 2.92. The summed E-state index contributed by atoms with van der Waals surface area (Å²) in [5, 5.41) is 0. The molecule has 3 unspecified atom stereocenters. The Labute approximate surface area is 113 Å². The van der Waals surface area contributed by atoms with E-state index in [1.807, 2.05) is 0 Å². The van der Waals surface area contributed by atoms with E-state index in [1.165, 1.54) is 37.7 Å². The minimum Gasteiger partial charge on any atom is -0.324 e. The van der Waals surface area contributed by atoms with Gasteiger partial charge >= 0.3 is 0 Å². The second-order valence-electron chi connectivity index (χ2n) is 5.16. The maximum Gasteiger partial charge on any atom is 0.0337 e. The molecule has 1 fully saturated rings. The number of halogens is 1. The van der Waals surface area contributed by atoms with Crippen LogP contribution in [0.5, 0.6) is 0 Å². The molecule has 2 heteroatoms. The first-order valence-electron chi connectivity index (χ1n) is 6.74. The summed E-state index contributed by atoms with van der Waals surface area (Å²) < 4.78 is 1.16. The summed E-state index contributed by atoms with van der Waals surface area (Å²) in [5.74, 6) is 1.47. The second-order valence-corrected chi connectivity index (χ2v) is 6.02. The van der Waals surface area contributed by atoms with Crippen molar-refractivity contribution >= 4 is 15.9 Å². The van der Waals surface area contributed by atoms with Crippen molar-refractivity contribution in [3.05, 3.63) is 34.3 Å². The molecular weight excluding hydrogens is 274 g/mol. The van der Waals surface area contributed by atoms with E-state index in [9.17, 15) is 0 Å². The first-order chi connectivity index (χ1) is 8.24. The van der Waals surface area contributed by atoms with Crippen molar-refractivity contribution in [1.82, 2.24) is 0 Å². The van der Waals surface area contributed by atoms with Crippen molar-refractivity contribution in [2.75, 3.05) is 0 Å². The molecule has 94 valence electrons. The SMILES string of the molecule is CCC1CCCCC1C(N)c1ccccc1Br. The highest BCUT2D eigenvalue weighted by Gasteiger charge is 2.30. The van der Waals surface area contributed by atoms with Gasteiger partial charge in [-0.2, -0.15) is 0 Å². The van der Waals surface area contributed by atoms with Crippen molar-refractivity contribution in [2.45, 2.75) is 45.1 Å². The van der Waals surface area contributed by atoms with Crippen LogP contribution >= 0.6 is 15.9 Å². The van der Waals surface area contributed by atoms with Gasteiger partial charge in [0.2, 0.25) is 0 Å². The number of nitrogens with two attached hydrogens (primary N) is 1. The van der Waals surface area contributed by atoms with Gasteiger partial charge in [0.1, 0.15) is 0 Å². The summed E-state index contributed by atoms with van der Waals surface area (Å²) in [6.45, 7) is 2.30. The van der Waals surface area contributed by atoms with Gasteiger partial charge < -0.3 is 5.73 Å². The van der Waals surface area contributed by atoms with Crippen LogP contribution in [0.3, 0.4) is 0 Å². The zero-order valence-corrected chi connectivity index (χ0v) is 12.1. The molecule has 0 saturated heterocycles. The minimum atomic E-state index is 0.191. The maximum absolute atomic E-state index is 6.51. The Morgan fingerprint density at radius 3 is 2.71 bits per heavy atom. The van der Waals surface area contributed by atoms with Crippen molar-refractivity contribution in [3.63, 3.8) is 0 Å². The number of benzene rings is 1. The molecule has 2 rings (SSSR count). The van der Waals surface area contributed by atoms with Crippen LogP contribution < -0.4 is 5.73 Å². The Morgan fingerprint density at radius 1 is 1.29 bits per heavy atom. The number of hydrogen-bond donors (Lipinski definition) is 1. The van der Waals surface area contributed by atoms with Gasteiger partial charge in [-0.1, -0.05) is 66.7 Å². The van der Waals surface area contributed by atoms with E-state index >= 15 is 0 Å². The van der Waals surface area contributed by atoms with Gasteiger partial charge in [0.25, 0.3) is 0 Å². The van der Waals surface area contributed by atoms with E-state index in [-0.39, 0.29) is 6.04 Å². The molecule has 0 heterocycles. The normalized spacial score (nSPS) is 26.8. The number of rotatable bonds is 3. The first kappa shape index (κ1) is 13.1. The third-order valence-electron chi connectivity index (χ3n) is 4.22. The zero-order valence-electron chi connectivity index (χ0n) is 10.5. The molecule has 1 aromatic carbocycles. The summed E-state index contributed by atoms with van der Waals surface area (Å²) in [4.78, 5) is 0. The smallest absolute Gasteiger partial charge is 0.0337 e. The van der Waals surface area contributed by atoms with Crippen LogP contribution in [0.15, 0.2) is 28.7 Å². The van der Waals surface area contributed by atoms with Crippen LogP contribution in [-0.2, 0) is 0 Å². The quantitative estimate of drug-likeness (QED) is 0.862. The molecule has 0 aliphatic heterocycles. The minimum absolute atomic E-state index is 0.191. The molecule has 1 nitrogen and oxygen atoms in total. The van der Waals surface area contributed by atoms with Crippen LogP contribution in [0.2, 0.25) is 0 Å². The van der Waals surface area contributed by atoms with Gasteiger partial charge in [-0.25, -0.2) is 0 Å². The second kappa shape index (κ2) is 6.01. The fraction of sp³-hybridized carbons (Fsp3) is 0.600. The fourth-order valence-corrected chi connectivity index (χ4v) is 3.74. The molecule has 1 aliphatic rings. The largest absolute Gasteiger partial charge is 0.324 e. The van der Waals surface area contributed by atoms with Gasteiger partial charge in [-0.15, -0.1) is 0 Å². The molecule has 0 radical (unpaired) electrons. The van der Waals surface area contributed by atoms with Gasteiger partial charge in [0, 0.05) is 10.5 Å². The first-order valence-corrected chi connectivity index (χ1v) is 7.53. The van der Waals surface area contributed by atoms with E-state index in [1.54, 1.807) is 0 Å². The summed E-state index contributed by atoms with van der Waals surface area (Å²) in [7, 11) is 0. The Balaban J connectivity index is 2.18. The average Bonchev–Trinajstić information content (AvgIpc) is 2.38. The lowest BCUT2D eigenvalue weighted by molar-refractivity contribution is 0.196. The van der Waals surface area contributed by atoms with Crippen molar-refractivity contribution in [3.8, 4) is 0 Å². The van der Waals surface area contributed by atoms with Crippen LogP contribution in [0, 0.1) is 11.8 Å². The molecule has 3 atom stereocenters. The van der Waals surface area contributed by atoms with Gasteiger partial charge in [0.05, 0.1) is 0 Å². The lowest BCUT2D eigenvalue weighted by atomic mass is 9.73. The highest BCUT2D eigenvalue weighted by atomic mass is 79.9. The predicted octanol–water partition coefficient (Wildman–Crippen LogP) is 4.67. The Kier molecular flexibility index (Phi) is 4.63. The van der Waals surface area contributed by atoms with Crippen LogP contribution in [0.1, 0.15) is 50.6 Å². The lowest BCUT2D eigenvalue weighted by Crippen LogP contribution is -2.30. The van der Waals surface area contributed by atoms with Gasteiger partial charge in [-0.05, 0) is 29.9 Å². The maximum atomic E-state index is 6.51. The van der Waals surface area contributed by atoms with Crippen molar-refractivity contribution in [2.24, 2.45) is 17.6 Å². The highest BCUT2D eigenvalue weighted by molar-refractivity contribution is 9.10. The van der Waals surface area contributed by atoms with Crippen LogP contribution in [-0.4, -0.2) is 0 Å². The molecule has 0 bridgehead atoms. The monoisotopic (exact) mass is 295 g/mol. The molecule has 1 aromatic rings.